The van der Waals surface area contributed by atoms with E-state index in [-0.39, 0.29) is 12.2 Å². The summed E-state index contributed by atoms with van der Waals surface area (Å²) < 4.78 is 11.2. The molecule has 0 radical (unpaired) electrons. The zero-order valence-electron chi connectivity index (χ0n) is 10.7. The van der Waals surface area contributed by atoms with Gasteiger partial charge in [0.05, 0.1) is 31.2 Å². The van der Waals surface area contributed by atoms with Crippen molar-refractivity contribution in [2.24, 2.45) is 0 Å². The Kier molecular flexibility index (Phi) is 4.77. The topological polar surface area (TPSA) is 47.5 Å². The molecule has 1 aliphatic heterocycles. The second-order valence-electron chi connectivity index (χ2n) is 4.48. The summed E-state index contributed by atoms with van der Waals surface area (Å²) >= 11 is 3.45. The van der Waals surface area contributed by atoms with Crippen molar-refractivity contribution in [3.8, 4) is 5.88 Å². The summed E-state index contributed by atoms with van der Waals surface area (Å²) in [5, 5.41) is 0.832. The summed E-state index contributed by atoms with van der Waals surface area (Å²) in [6.45, 7) is 6.33. The van der Waals surface area contributed by atoms with Gasteiger partial charge < -0.3 is 14.4 Å². The zero-order chi connectivity index (χ0) is 13.0. The van der Waals surface area contributed by atoms with E-state index >= 15 is 0 Å². The van der Waals surface area contributed by atoms with Crippen LogP contribution in [0.25, 0.3) is 0 Å². The van der Waals surface area contributed by atoms with Crippen molar-refractivity contribution in [2.75, 3.05) is 29.9 Å². The molecule has 1 atom stereocenters. The highest BCUT2D eigenvalue weighted by molar-refractivity contribution is 9.09. The number of ether oxygens (including phenoxy) is 2. The quantitative estimate of drug-likeness (QED) is 0.794. The van der Waals surface area contributed by atoms with Crippen molar-refractivity contribution in [2.45, 2.75) is 26.1 Å². The van der Waals surface area contributed by atoms with Gasteiger partial charge in [0.1, 0.15) is 0 Å². The molecule has 0 aliphatic carbocycles. The van der Waals surface area contributed by atoms with Crippen LogP contribution in [0.5, 0.6) is 5.88 Å². The van der Waals surface area contributed by atoms with Crippen LogP contribution in [-0.4, -0.2) is 47.2 Å². The Morgan fingerprint density at radius 2 is 2.39 bits per heavy atom. The molecule has 0 aromatic carbocycles. The van der Waals surface area contributed by atoms with Gasteiger partial charge in [0, 0.05) is 18.4 Å². The fourth-order valence-electron chi connectivity index (χ4n) is 1.81. The van der Waals surface area contributed by atoms with Crippen LogP contribution < -0.4 is 9.64 Å². The molecule has 1 aromatic heterocycles. The summed E-state index contributed by atoms with van der Waals surface area (Å²) in [6.07, 6.45) is 3.72. The molecular weight excluding hydrogens is 298 g/mol. The third kappa shape index (κ3) is 3.55. The predicted molar refractivity (Wildman–Crippen MR) is 73.5 cm³/mol. The van der Waals surface area contributed by atoms with Gasteiger partial charge in [-0.25, -0.2) is 0 Å². The fourth-order valence-corrected chi connectivity index (χ4v) is 2.20. The highest BCUT2D eigenvalue weighted by Gasteiger charge is 2.21. The first kappa shape index (κ1) is 13.5. The van der Waals surface area contributed by atoms with Crippen LogP contribution in [0.2, 0.25) is 0 Å². The molecule has 2 rings (SSSR count). The van der Waals surface area contributed by atoms with Gasteiger partial charge >= 0.3 is 0 Å². The second-order valence-corrected chi connectivity index (χ2v) is 5.12. The van der Waals surface area contributed by atoms with Gasteiger partial charge in [0.2, 0.25) is 5.88 Å². The molecule has 100 valence electrons. The Hall–Kier alpha value is -0.880. The Morgan fingerprint density at radius 3 is 3.11 bits per heavy atom. The number of rotatable bonds is 4. The summed E-state index contributed by atoms with van der Waals surface area (Å²) in [5.41, 5.74) is 0. The van der Waals surface area contributed by atoms with Crippen LogP contribution >= 0.6 is 15.9 Å². The molecule has 5 nitrogen and oxygen atoms in total. The SMILES string of the molecule is CC(C)Oc1cncc(N2CCOC(CBr)C2)n1. The van der Waals surface area contributed by atoms with Crippen LogP contribution in [0.1, 0.15) is 13.8 Å². The number of aromatic nitrogens is 2. The number of alkyl halides is 1. The lowest BCUT2D eigenvalue weighted by molar-refractivity contribution is 0.0567. The summed E-state index contributed by atoms with van der Waals surface area (Å²) in [7, 11) is 0. The van der Waals surface area contributed by atoms with E-state index in [4.69, 9.17) is 9.47 Å². The van der Waals surface area contributed by atoms with E-state index in [1.54, 1.807) is 12.4 Å². The van der Waals surface area contributed by atoms with E-state index < -0.39 is 0 Å². The molecule has 0 amide bonds. The van der Waals surface area contributed by atoms with Crippen LogP contribution in [0.3, 0.4) is 0 Å². The minimum absolute atomic E-state index is 0.106. The lowest BCUT2D eigenvalue weighted by Gasteiger charge is -2.32. The summed E-state index contributed by atoms with van der Waals surface area (Å²) in [6, 6.07) is 0. The van der Waals surface area contributed by atoms with Crippen molar-refractivity contribution < 1.29 is 9.47 Å². The maximum Gasteiger partial charge on any atom is 0.234 e. The second kappa shape index (κ2) is 6.33. The van der Waals surface area contributed by atoms with Crippen molar-refractivity contribution in [1.29, 1.82) is 0 Å². The Morgan fingerprint density at radius 1 is 1.56 bits per heavy atom. The van der Waals surface area contributed by atoms with Crippen LogP contribution in [0.15, 0.2) is 12.4 Å². The Balaban J connectivity index is 2.07. The number of anilines is 1. The van der Waals surface area contributed by atoms with E-state index in [1.807, 2.05) is 13.8 Å². The van der Waals surface area contributed by atoms with Gasteiger partial charge in [-0.05, 0) is 13.8 Å². The first-order chi connectivity index (χ1) is 8.69. The molecule has 2 heterocycles. The lowest BCUT2D eigenvalue weighted by Crippen LogP contribution is -2.43. The van der Waals surface area contributed by atoms with Crippen LogP contribution in [0.4, 0.5) is 5.82 Å². The smallest absolute Gasteiger partial charge is 0.234 e. The van der Waals surface area contributed by atoms with Gasteiger partial charge in [-0.1, -0.05) is 15.9 Å². The van der Waals surface area contributed by atoms with E-state index in [0.717, 1.165) is 24.2 Å². The molecule has 1 saturated heterocycles. The first-order valence-electron chi connectivity index (χ1n) is 6.10. The molecule has 0 bridgehead atoms. The third-order valence-electron chi connectivity index (χ3n) is 2.59. The normalized spacial score (nSPS) is 20.2. The van der Waals surface area contributed by atoms with Crippen molar-refractivity contribution >= 4 is 21.7 Å². The highest BCUT2D eigenvalue weighted by atomic mass is 79.9. The monoisotopic (exact) mass is 315 g/mol. The molecule has 0 spiro atoms. The van der Waals surface area contributed by atoms with Crippen LogP contribution in [-0.2, 0) is 4.74 Å². The first-order valence-corrected chi connectivity index (χ1v) is 7.22. The number of hydrogen-bond acceptors (Lipinski definition) is 5. The average Bonchev–Trinajstić information content (AvgIpc) is 2.38. The third-order valence-corrected chi connectivity index (χ3v) is 3.31. The van der Waals surface area contributed by atoms with E-state index in [2.05, 4.69) is 30.8 Å². The largest absolute Gasteiger partial charge is 0.474 e. The van der Waals surface area contributed by atoms with Crippen molar-refractivity contribution in [3.05, 3.63) is 12.4 Å². The molecule has 1 aromatic rings. The zero-order valence-corrected chi connectivity index (χ0v) is 12.3. The van der Waals surface area contributed by atoms with E-state index in [9.17, 15) is 0 Å². The van der Waals surface area contributed by atoms with Crippen molar-refractivity contribution in [1.82, 2.24) is 9.97 Å². The van der Waals surface area contributed by atoms with Crippen LogP contribution in [0, 0.1) is 0 Å². The lowest BCUT2D eigenvalue weighted by atomic mass is 10.3. The molecule has 1 unspecified atom stereocenters. The van der Waals surface area contributed by atoms with E-state index in [0.29, 0.717) is 12.5 Å². The maximum atomic E-state index is 5.61. The number of nitrogens with zero attached hydrogens (tertiary/aromatic N) is 3. The van der Waals surface area contributed by atoms with E-state index in [1.165, 1.54) is 0 Å². The highest BCUT2D eigenvalue weighted by Crippen LogP contribution is 2.18. The fraction of sp³-hybridized carbons (Fsp3) is 0.667. The standard InChI is InChI=1S/C12H18BrN3O2/c1-9(2)18-12-7-14-6-11(15-12)16-3-4-17-10(5-13)8-16/h6-7,9-10H,3-5,8H2,1-2H3. The summed E-state index contributed by atoms with van der Waals surface area (Å²) in [4.78, 5) is 10.8. The van der Waals surface area contributed by atoms with Gasteiger partial charge in [-0.2, -0.15) is 4.98 Å². The molecule has 1 fully saturated rings. The predicted octanol–water partition coefficient (Wildman–Crippen LogP) is 1.86. The van der Waals surface area contributed by atoms with Crippen molar-refractivity contribution in [3.63, 3.8) is 0 Å². The molecule has 6 heteroatoms. The Bertz CT molecular complexity index is 389. The molecule has 0 N–H and O–H groups in total. The summed E-state index contributed by atoms with van der Waals surface area (Å²) in [5.74, 6) is 1.42. The number of halogens is 1. The number of morpholine rings is 1. The number of hydrogen-bond donors (Lipinski definition) is 0. The van der Waals surface area contributed by atoms with Gasteiger partial charge in [0.15, 0.2) is 5.82 Å². The van der Waals surface area contributed by atoms with Gasteiger partial charge in [0.25, 0.3) is 0 Å². The Labute approximate surface area is 116 Å². The maximum absolute atomic E-state index is 5.61. The van der Waals surface area contributed by atoms with Gasteiger partial charge in [-0.15, -0.1) is 0 Å². The molecule has 1 aliphatic rings. The average molecular weight is 316 g/mol. The molecule has 18 heavy (non-hydrogen) atoms. The molecular formula is C12H18BrN3O2. The minimum atomic E-state index is 0.106. The van der Waals surface area contributed by atoms with Gasteiger partial charge in [-0.3, -0.25) is 4.98 Å². The minimum Gasteiger partial charge on any atom is -0.474 e. The molecule has 0 saturated carbocycles.